The third kappa shape index (κ3) is 4.37. The van der Waals surface area contributed by atoms with Gasteiger partial charge in [-0.3, -0.25) is 0 Å². The SMILES string of the molecule is CCC(N)Cc1ccc(OC(C)C#N)c(Br)c1. The first kappa shape index (κ1) is 14.0. The molecule has 0 aliphatic carbocycles. The van der Waals surface area contributed by atoms with E-state index in [0.29, 0.717) is 5.75 Å². The van der Waals surface area contributed by atoms with Crippen LogP contribution in [0.2, 0.25) is 0 Å². The number of nitrogens with two attached hydrogens (primary N) is 1. The summed E-state index contributed by atoms with van der Waals surface area (Å²) in [5, 5.41) is 8.69. The largest absolute Gasteiger partial charge is 0.475 e. The minimum Gasteiger partial charge on any atom is -0.475 e. The molecule has 2 unspecified atom stereocenters. The van der Waals surface area contributed by atoms with Gasteiger partial charge in [0.2, 0.25) is 0 Å². The van der Waals surface area contributed by atoms with Gasteiger partial charge in [0.1, 0.15) is 11.8 Å². The Morgan fingerprint density at radius 2 is 2.24 bits per heavy atom. The fourth-order valence-corrected chi connectivity index (χ4v) is 1.95. The van der Waals surface area contributed by atoms with Crippen LogP contribution in [0.15, 0.2) is 22.7 Å². The van der Waals surface area contributed by atoms with Crippen molar-refractivity contribution in [3.63, 3.8) is 0 Å². The Bertz CT molecular complexity index is 414. The number of nitriles is 1. The second-order valence-corrected chi connectivity index (χ2v) is 4.88. The molecule has 92 valence electrons. The van der Waals surface area contributed by atoms with Crippen LogP contribution in [0.5, 0.6) is 5.75 Å². The third-order valence-corrected chi connectivity index (χ3v) is 3.12. The fraction of sp³-hybridized carbons (Fsp3) is 0.462. The van der Waals surface area contributed by atoms with Crippen LogP contribution in [-0.2, 0) is 6.42 Å². The van der Waals surface area contributed by atoms with E-state index in [1.807, 2.05) is 24.3 Å². The van der Waals surface area contributed by atoms with E-state index in [1.54, 1.807) is 6.92 Å². The van der Waals surface area contributed by atoms with Gasteiger partial charge in [0.15, 0.2) is 6.10 Å². The van der Waals surface area contributed by atoms with Gasteiger partial charge < -0.3 is 10.5 Å². The van der Waals surface area contributed by atoms with Crippen molar-refractivity contribution >= 4 is 15.9 Å². The van der Waals surface area contributed by atoms with E-state index in [9.17, 15) is 0 Å². The molecular formula is C13H17BrN2O. The molecule has 0 aromatic heterocycles. The Morgan fingerprint density at radius 3 is 2.76 bits per heavy atom. The zero-order chi connectivity index (χ0) is 12.8. The lowest BCUT2D eigenvalue weighted by Crippen LogP contribution is -2.21. The Morgan fingerprint density at radius 1 is 1.53 bits per heavy atom. The minimum absolute atomic E-state index is 0.187. The monoisotopic (exact) mass is 296 g/mol. The Labute approximate surface area is 111 Å². The van der Waals surface area contributed by atoms with Gasteiger partial charge in [-0.05, 0) is 53.4 Å². The molecule has 0 aliphatic heterocycles. The quantitative estimate of drug-likeness (QED) is 0.908. The van der Waals surface area contributed by atoms with E-state index in [2.05, 4.69) is 22.9 Å². The van der Waals surface area contributed by atoms with E-state index < -0.39 is 6.10 Å². The van der Waals surface area contributed by atoms with Gasteiger partial charge in [-0.25, -0.2) is 0 Å². The van der Waals surface area contributed by atoms with Crippen molar-refractivity contribution in [2.45, 2.75) is 38.8 Å². The van der Waals surface area contributed by atoms with Crippen LogP contribution in [0.25, 0.3) is 0 Å². The van der Waals surface area contributed by atoms with Crippen molar-refractivity contribution in [1.82, 2.24) is 0 Å². The normalized spacial score (nSPS) is 13.8. The minimum atomic E-state index is -0.449. The molecule has 1 rings (SSSR count). The molecule has 0 saturated heterocycles. The van der Waals surface area contributed by atoms with Gasteiger partial charge in [0.05, 0.1) is 4.47 Å². The van der Waals surface area contributed by atoms with E-state index in [1.165, 1.54) is 5.56 Å². The van der Waals surface area contributed by atoms with Crippen molar-refractivity contribution in [2.24, 2.45) is 5.73 Å². The molecule has 0 aliphatic rings. The van der Waals surface area contributed by atoms with Gasteiger partial charge >= 0.3 is 0 Å². The van der Waals surface area contributed by atoms with E-state index in [0.717, 1.165) is 17.3 Å². The van der Waals surface area contributed by atoms with Crippen molar-refractivity contribution in [1.29, 1.82) is 5.26 Å². The summed E-state index contributed by atoms with van der Waals surface area (Å²) in [5.41, 5.74) is 7.08. The smallest absolute Gasteiger partial charge is 0.181 e. The van der Waals surface area contributed by atoms with Crippen molar-refractivity contribution in [3.8, 4) is 11.8 Å². The maximum atomic E-state index is 8.69. The summed E-state index contributed by atoms with van der Waals surface area (Å²) in [6, 6.07) is 8.07. The Kier molecular flexibility index (Phi) is 5.46. The summed E-state index contributed by atoms with van der Waals surface area (Å²) in [6.07, 6.45) is 1.36. The summed E-state index contributed by atoms with van der Waals surface area (Å²) < 4.78 is 6.30. The first-order chi connectivity index (χ1) is 8.06. The molecule has 3 nitrogen and oxygen atoms in total. The second kappa shape index (κ2) is 6.63. The lowest BCUT2D eigenvalue weighted by molar-refractivity contribution is 0.274. The Balaban J connectivity index is 2.76. The van der Waals surface area contributed by atoms with Crippen LogP contribution in [0.1, 0.15) is 25.8 Å². The number of hydrogen-bond donors (Lipinski definition) is 1. The van der Waals surface area contributed by atoms with Crippen LogP contribution >= 0.6 is 15.9 Å². The molecule has 1 aromatic carbocycles. The molecule has 0 radical (unpaired) electrons. The number of nitrogens with zero attached hydrogens (tertiary/aromatic N) is 1. The number of hydrogen-bond acceptors (Lipinski definition) is 3. The molecular weight excluding hydrogens is 280 g/mol. The molecule has 1 aromatic rings. The maximum absolute atomic E-state index is 8.69. The van der Waals surface area contributed by atoms with Crippen molar-refractivity contribution in [2.75, 3.05) is 0 Å². The van der Waals surface area contributed by atoms with Gasteiger partial charge in [0, 0.05) is 6.04 Å². The second-order valence-electron chi connectivity index (χ2n) is 4.03. The molecule has 0 saturated carbocycles. The highest BCUT2D eigenvalue weighted by Crippen LogP contribution is 2.27. The van der Waals surface area contributed by atoms with E-state index in [-0.39, 0.29) is 6.04 Å². The van der Waals surface area contributed by atoms with Crippen LogP contribution in [0, 0.1) is 11.3 Å². The van der Waals surface area contributed by atoms with Gasteiger partial charge in [-0.1, -0.05) is 13.0 Å². The topological polar surface area (TPSA) is 59.0 Å². The summed E-state index contributed by atoms with van der Waals surface area (Å²) >= 11 is 3.44. The van der Waals surface area contributed by atoms with Crippen molar-refractivity contribution < 1.29 is 4.74 Å². The molecule has 2 N–H and O–H groups in total. The number of rotatable bonds is 5. The first-order valence-electron chi connectivity index (χ1n) is 5.67. The van der Waals surface area contributed by atoms with Crippen LogP contribution in [0.3, 0.4) is 0 Å². The highest BCUT2D eigenvalue weighted by molar-refractivity contribution is 9.10. The highest BCUT2D eigenvalue weighted by Gasteiger charge is 2.08. The zero-order valence-corrected chi connectivity index (χ0v) is 11.7. The van der Waals surface area contributed by atoms with E-state index >= 15 is 0 Å². The summed E-state index contributed by atoms with van der Waals surface area (Å²) in [5.74, 6) is 0.688. The molecule has 4 heteroatoms. The molecule has 2 atom stereocenters. The average molecular weight is 297 g/mol. The number of halogens is 1. The Hall–Kier alpha value is -1.05. The molecule has 0 fully saturated rings. The van der Waals surface area contributed by atoms with Crippen LogP contribution in [-0.4, -0.2) is 12.1 Å². The first-order valence-corrected chi connectivity index (χ1v) is 6.46. The summed E-state index contributed by atoms with van der Waals surface area (Å²) in [7, 11) is 0. The molecule has 17 heavy (non-hydrogen) atoms. The standard InChI is InChI=1S/C13H17BrN2O/c1-3-11(16)6-10-4-5-13(12(14)7-10)17-9(2)8-15/h4-5,7,9,11H,3,6,16H2,1-2H3. The number of benzene rings is 1. The molecule has 0 amide bonds. The van der Waals surface area contributed by atoms with Crippen LogP contribution < -0.4 is 10.5 Å². The number of ether oxygens (including phenoxy) is 1. The fourth-order valence-electron chi connectivity index (χ4n) is 1.43. The lowest BCUT2D eigenvalue weighted by atomic mass is 10.0. The van der Waals surface area contributed by atoms with Crippen molar-refractivity contribution in [3.05, 3.63) is 28.2 Å². The maximum Gasteiger partial charge on any atom is 0.181 e. The predicted molar refractivity (Wildman–Crippen MR) is 71.8 cm³/mol. The van der Waals surface area contributed by atoms with Gasteiger partial charge in [0.25, 0.3) is 0 Å². The lowest BCUT2D eigenvalue weighted by Gasteiger charge is -2.12. The average Bonchev–Trinajstić information content (AvgIpc) is 2.32. The zero-order valence-electron chi connectivity index (χ0n) is 10.1. The molecule has 0 spiro atoms. The summed E-state index contributed by atoms with van der Waals surface area (Å²) in [6.45, 7) is 3.79. The molecule has 0 heterocycles. The van der Waals surface area contributed by atoms with Gasteiger partial charge in [-0.2, -0.15) is 5.26 Å². The third-order valence-electron chi connectivity index (χ3n) is 2.50. The predicted octanol–water partition coefficient (Wildman–Crippen LogP) is 3.02. The molecule has 0 bridgehead atoms. The van der Waals surface area contributed by atoms with Crippen LogP contribution in [0.4, 0.5) is 0 Å². The van der Waals surface area contributed by atoms with Gasteiger partial charge in [-0.15, -0.1) is 0 Å². The highest BCUT2D eigenvalue weighted by atomic mass is 79.9. The van der Waals surface area contributed by atoms with E-state index in [4.69, 9.17) is 15.7 Å². The summed E-state index contributed by atoms with van der Waals surface area (Å²) in [4.78, 5) is 0.